The van der Waals surface area contributed by atoms with Crippen LogP contribution in [0.3, 0.4) is 0 Å². The van der Waals surface area contributed by atoms with E-state index in [0.717, 1.165) is 0 Å². The van der Waals surface area contributed by atoms with Gasteiger partial charge in [-0.3, -0.25) is 28.8 Å². The quantitative estimate of drug-likeness (QED) is 0.163. The van der Waals surface area contributed by atoms with Gasteiger partial charge in [-0.05, 0) is 12.8 Å². The minimum absolute atomic E-state index is 0.0231. The highest BCUT2D eigenvalue weighted by molar-refractivity contribution is 5.80. The first kappa shape index (κ1) is 30.4. The Morgan fingerprint density at radius 2 is 0.793 bits per heavy atom. The van der Waals surface area contributed by atoms with E-state index in [4.69, 9.17) is 47.8 Å². The number of nitrogens with two attached hydrogens (primary N) is 3. The fourth-order valence-electron chi connectivity index (χ4n) is 1.08. The van der Waals surface area contributed by atoms with Crippen LogP contribution in [0.25, 0.3) is 0 Å². The zero-order valence-electron chi connectivity index (χ0n) is 15.1. The van der Waals surface area contributed by atoms with Crippen LogP contribution in [-0.4, -0.2) is 84.6 Å². The standard InChI is InChI=1S/2C5H9NO4.C4H7NO4/c2*6-3(5(9)10)1-2-4(7)8;5-2(4(8)9)1-3(6)7/h2*3H,1-2,6H2,(H,7,8)(H,9,10);2H,1,5H2,(H,6,7)(H,8,9). The molecule has 168 valence electrons. The summed E-state index contributed by atoms with van der Waals surface area (Å²) >= 11 is 0. The highest BCUT2D eigenvalue weighted by atomic mass is 16.4. The molecular formula is C14H25N3O12. The van der Waals surface area contributed by atoms with Crippen molar-refractivity contribution < 1.29 is 59.4 Å². The monoisotopic (exact) mass is 427 g/mol. The van der Waals surface area contributed by atoms with Crippen molar-refractivity contribution in [1.82, 2.24) is 0 Å². The third-order valence-corrected chi connectivity index (χ3v) is 2.68. The molecule has 0 aliphatic heterocycles. The molecule has 0 amide bonds. The minimum Gasteiger partial charge on any atom is -0.481 e. The number of carboxylic acid groups (broad SMARTS) is 6. The summed E-state index contributed by atoms with van der Waals surface area (Å²) in [5.41, 5.74) is 14.8. The van der Waals surface area contributed by atoms with Crippen molar-refractivity contribution in [2.45, 2.75) is 50.2 Å². The van der Waals surface area contributed by atoms with E-state index in [1.54, 1.807) is 0 Å². The van der Waals surface area contributed by atoms with Crippen LogP contribution in [0.4, 0.5) is 0 Å². The molecule has 0 aromatic carbocycles. The first-order chi connectivity index (χ1) is 13.1. The third-order valence-electron chi connectivity index (χ3n) is 2.68. The van der Waals surface area contributed by atoms with E-state index in [9.17, 15) is 28.8 Å². The lowest BCUT2D eigenvalue weighted by molar-refractivity contribution is -0.144. The number of hydrogen-bond donors (Lipinski definition) is 9. The summed E-state index contributed by atoms with van der Waals surface area (Å²) < 4.78 is 0. The lowest BCUT2D eigenvalue weighted by Crippen LogP contribution is -2.32. The molecule has 0 heterocycles. The summed E-state index contributed by atoms with van der Waals surface area (Å²) in [6, 6.07) is -3.41. The van der Waals surface area contributed by atoms with Crippen molar-refractivity contribution in [3.8, 4) is 0 Å². The zero-order chi connectivity index (χ0) is 23.7. The number of aliphatic carboxylic acids is 6. The van der Waals surface area contributed by atoms with Crippen LogP contribution in [0.1, 0.15) is 32.1 Å². The highest BCUT2D eigenvalue weighted by Crippen LogP contribution is 1.94. The van der Waals surface area contributed by atoms with Gasteiger partial charge in [-0.25, -0.2) is 0 Å². The Kier molecular flexibility index (Phi) is 17.7. The van der Waals surface area contributed by atoms with E-state index in [1.807, 2.05) is 0 Å². The van der Waals surface area contributed by atoms with E-state index >= 15 is 0 Å². The normalized spacial score (nSPS) is 12.5. The lowest BCUT2D eigenvalue weighted by Gasteiger charge is -2.01. The molecule has 0 aliphatic carbocycles. The van der Waals surface area contributed by atoms with Crippen LogP contribution in [0.15, 0.2) is 0 Å². The topological polar surface area (TPSA) is 302 Å². The predicted molar refractivity (Wildman–Crippen MR) is 92.8 cm³/mol. The summed E-state index contributed by atoms with van der Waals surface area (Å²) in [5.74, 6) is -6.89. The molecular weight excluding hydrogens is 402 g/mol. The number of carboxylic acids is 6. The van der Waals surface area contributed by atoms with Crippen molar-refractivity contribution in [2.75, 3.05) is 0 Å². The van der Waals surface area contributed by atoms with Crippen molar-refractivity contribution in [3.63, 3.8) is 0 Å². The van der Waals surface area contributed by atoms with Crippen molar-refractivity contribution in [1.29, 1.82) is 0 Å². The average molecular weight is 427 g/mol. The molecule has 12 N–H and O–H groups in total. The molecule has 0 fully saturated rings. The fraction of sp³-hybridized carbons (Fsp3) is 0.571. The molecule has 3 unspecified atom stereocenters. The van der Waals surface area contributed by atoms with E-state index in [-0.39, 0.29) is 25.7 Å². The second-order valence-electron chi connectivity index (χ2n) is 5.30. The van der Waals surface area contributed by atoms with Crippen LogP contribution in [0.2, 0.25) is 0 Å². The van der Waals surface area contributed by atoms with Crippen LogP contribution in [0.5, 0.6) is 0 Å². The Hall–Kier alpha value is -3.30. The Bertz CT molecular complexity index is 546. The van der Waals surface area contributed by atoms with E-state index < -0.39 is 60.4 Å². The van der Waals surface area contributed by atoms with E-state index in [1.165, 1.54) is 0 Å². The van der Waals surface area contributed by atoms with Gasteiger partial charge in [0.15, 0.2) is 0 Å². The smallest absolute Gasteiger partial charge is 0.321 e. The van der Waals surface area contributed by atoms with Gasteiger partial charge in [0.25, 0.3) is 0 Å². The van der Waals surface area contributed by atoms with Gasteiger partial charge < -0.3 is 47.8 Å². The van der Waals surface area contributed by atoms with Crippen LogP contribution >= 0.6 is 0 Å². The summed E-state index contributed by atoms with van der Waals surface area (Å²) in [6.07, 6.45) is -0.981. The molecule has 15 nitrogen and oxygen atoms in total. The van der Waals surface area contributed by atoms with Gasteiger partial charge in [0.1, 0.15) is 18.1 Å². The van der Waals surface area contributed by atoms with Gasteiger partial charge in [-0.15, -0.1) is 0 Å². The van der Waals surface area contributed by atoms with Gasteiger partial charge in [0.05, 0.1) is 6.42 Å². The van der Waals surface area contributed by atoms with Crippen LogP contribution < -0.4 is 17.2 Å². The molecule has 0 radical (unpaired) electrons. The molecule has 0 spiro atoms. The molecule has 0 bridgehead atoms. The molecule has 0 aromatic heterocycles. The summed E-state index contributed by atoms with van der Waals surface area (Å²) in [6.45, 7) is 0. The molecule has 15 heteroatoms. The van der Waals surface area contributed by atoms with Gasteiger partial charge in [-0.1, -0.05) is 0 Å². The molecule has 0 saturated heterocycles. The van der Waals surface area contributed by atoms with Gasteiger partial charge in [0.2, 0.25) is 0 Å². The number of hydrogen-bond acceptors (Lipinski definition) is 9. The number of rotatable bonds is 11. The predicted octanol–water partition coefficient (Wildman–Crippen LogP) is -2.60. The third kappa shape index (κ3) is 24.7. The maximum absolute atomic E-state index is 9.99. The van der Waals surface area contributed by atoms with Crippen LogP contribution in [0, 0.1) is 0 Å². The minimum atomic E-state index is -1.29. The second-order valence-corrected chi connectivity index (χ2v) is 5.30. The van der Waals surface area contributed by atoms with Crippen molar-refractivity contribution in [3.05, 3.63) is 0 Å². The Balaban J connectivity index is -0.000000350. The Morgan fingerprint density at radius 3 is 0.931 bits per heavy atom. The molecule has 0 saturated carbocycles. The number of carbonyl (C=O) groups is 6. The summed E-state index contributed by atoms with van der Waals surface area (Å²) in [5, 5.41) is 48.6. The van der Waals surface area contributed by atoms with Gasteiger partial charge >= 0.3 is 35.8 Å². The van der Waals surface area contributed by atoms with E-state index in [0.29, 0.717) is 0 Å². The second kappa shape index (κ2) is 16.8. The zero-order valence-corrected chi connectivity index (χ0v) is 15.1. The molecule has 29 heavy (non-hydrogen) atoms. The van der Waals surface area contributed by atoms with E-state index in [2.05, 4.69) is 0 Å². The summed E-state index contributed by atoms with van der Waals surface area (Å²) in [7, 11) is 0. The molecule has 0 rings (SSSR count). The van der Waals surface area contributed by atoms with Crippen molar-refractivity contribution >= 4 is 35.8 Å². The summed E-state index contributed by atoms with van der Waals surface area (Å²) in [4.78, 5) is 59.4. The fourth-order valence-corrected chi connectivity index (χ4v) is 1.08. The van der Waals surface area contributed by atoms with Gasteiger partial charge in [0, 0.05) is 12.8 Å². The molecule has 3 atom stereocenters. The highest BCUT2D eigenvalue weighted by Gasteiger charge is 2.14. The lowest BCUT2D eigenvalue weighted by atomic mass is 10.2. The van der Waals surface area contributed by atoms with Gasteiger partial charge in [-0.2, -0.15) is 0 Å². The maximum atomic E-state index is 9.99. The molecule has 0 aliphatic rings. The first-order valence-electron chi connectivity index (χ1n) is 7.72. The van der Waals surface area contributed by atoms with Crippen molar-refractivity contribution in [2.24, 2.45) is 17.2 Å². The maximum Gasteiger partial charge on any atom is 0.321 e. The Labute approximate surface area is 163 Å². The van der Waals surface area contributed by atoms with Crippen LogP contribution in [-0.2, 0) is 28.8 Å². The molecule has 0 aromatic rings. The first-order valence-corrected chi connectivity index (χ1v) is 7.72. The largest absolute Gasteiger partial charge is 0.481 e. The Morgan fingerprint density at radius 1 is 0.517 bits per heavy atom. The SMILES string of the molecule is NC(CC(=O)O)C(=O)O.NC(CCC(=O)O)C(=O)O.NC(CCC(=O)O)C(=O)O. The average Bonchev–Trinajstić information content (AvgIpc) is 2.57.